The predicted molar refractivity (Wildman–Crippen MR) is 84.6 cm³/mol. The van der Waals surface area contributed by atoms with Gasteiger partial charge in [-0.05, 0) is 50.4 Å². The Morgan fingerprint density at radius 1 is 1.00 bits per heavy atom. The Morgan fingerprint density at radius 2 is 1.65 bits per heavy atom. The van der Waals surface area contributed by atoms with E-state index >= 15 is 0 Å². The molecule has 0 saturated carbocycles. The lowest BCUT2D eigenvalue weighted by Crippen LogP contribution is -2.26. The number of nitrogens with one attached hydrogen (secondary N) is 1. The summed E-state index contributed by atoms with van der Waals surface area (Å²) in [6, 6.07) is 7.86. The van der Waals surface area contributed by atoms with Crippen molar-refractivity contribution < 1.29 is 9.47 Å². The first-order valence-electron chi connectivity index (χ1n) is 7.68. The summed E-state index contributed by atoms with van der Waals surface area (Å²) in [6.07, 6.45) is 1.05. The van der Waals surface area contributed by atoms with Crippen LogP contribution < -0.4 is 14.8 Å². The monoisotopic (exact) mass is 279 g/mol. The van der Waals surface area contributed by atoms with Crippen LogP contribution in [-0.2, 0) is 0 Å². The Kier molecular flexibility index (Phi) is 8.12. The summed E-state index contributed by atoms with van der Waals surface area (Å²) >= 11 is 0. The molecule has 20 heavy (non-hydrogen) atoms. The van der Waals surface area contributed by atoms with Gasteiger partial charge in [-0.15, -0.1) is 0 Å². The zero-order chi connectivity index (χ0) is 14.8. The normalized spacial score (nSPS) is 12.4. The van der Waals surface area contributed by atoms with Crippen molar-refractivity contribution >= 4 is 0 Å². The molecular weight excluding hydrogens is 250 g/mol. The number of rotatable bonds is 10. The molecule has 1 unspecified atom stereocenters. The minimum Gasteiger partial charge on any atom is -0.490 e. The van der Waals surface area contributed by atoms with Crippen LogP contribution in [0.25, 0.3) is 0 Å². The lowest BCUT2D eigenvalue weighted by Gasteiger charge is -2.15. The Hall–Kier alpha value is -1.22. The van der Waals surface area contributed by atoms with E-state index in [0.717, 1.165) is 37.6 Å². The van der Waals surface area contributed by atoms with Gasteiger partial charge >= 0.3 is 0 Å². The summed E-state index contributed by atoms with van der Waals surface area (Å²) < 4.78 is 11.4. The topological polar surface area (TPSA) is 30.5 Å². The van der Waals surface area contributed by atoms with Crippen LogP contribution >= 0.6 is 0 Å². The van der Waals surface area contributed by atoms with Crippen molar-refractivity contribution in [3.05, 3.63) is 24.3 Å². The van der Waals surface area contributed by atoms with Crippen LogP contribution in [-0.4, -0.2) is 26.3 Å². The molecule has 1 N–H and O–H groups in total. The standard InChI is InChI=1S/C17H29NO2/c1-5-19-16-8-6-7-9-17(16)20-11-10-15(4)13-18-12-14(2)3/h6-9,14-15,18H,5,10-13H2,1-4H3. The molecule has 0 aromatic heterocycles. The van der Waals surface area contributed by atoms with E-state index in [0.29, 0.717) is 18.4 Å². The van der Waals surface area contributed by atoms with Gasteiger partial charge in [-0.3, -0.25) is 0 Å². The zero-order valence-corrected chi connectivity index (χ0v) is 13.3. The smallest absolute Gasteiger partial charge is 0.161 e. The molecule has 0 aliphatic rings. The average molecular weight is 279 g/mol. The lowest BCUT2D eigenvalue weighted by atomic mass is 10.1. The van der Waals surface area contributed by atoms with Crippen molar-refractivity contribution in [3.63, 3.8) is 0 Å². The molecule has 0 aliphatic carbocycles. The van der Waals surface area contributed by atoms with Crippen molar-refractivity contribution in [2.45, 2.75) is 34.1 Å². The summed E-state index contributed by atoms with van der Waals surface area (Å²) in [7, 11) is 0. The number of hydrogen-bond donors (Lipinski definition) is 1. The highest BCUT2D eigenvalue weighted by molar-refractivity contribution is 5.39. The van der Waals surface area contributed by atoms with E-state index in [1.807, 2.05) is 31.2 Å². The van der Waals surface area contributed by atoms with E-state index in [2.05, 4.69) is 26.1 Å². The van der Waals surface area contributed by atoms with Gasteiger partial charge in [0, 0.05) is 0 Å². The minimum atomic E-state index is 0.619. The fourth-order valence-corrected chi connectivity index (χ4v) is 1.93. The van der Waals surface area contributed by atoms with Gasteiger partial charge in [-0.1, -0.05) is 32.9 Å². The van der Waals surface area contributed by atoms with Crippen LogP contribution in [0.15, 0.2) is 24.3 Å². The van der Waals surface area contributed by atoms with Gasteiger partial charge in [0.15, 0.2) is 11.5 Å². The SMILES string of the molecule is CCOc1ccccc1OCCC(C)CNCC(C)C. The second kappa shape index (κ2) is 9.65. The maximum absolute atomic E-state index is 5.83. The molecule has 1 rings (SSSR count). The van der Waals surface area contributed by atoms with E-state index in [-0.39, 0.29) is 0 Å². The molecule has 1 aromatic rings. The molecule has 114 valence electrons. The molecular formula is C17H29NO2. The summed E-state index contributed by atoms with van der Waals surface area (Å²) in [5, 5.41) is 3.48. The molecule has 1 aromatic carbocycles. The Balaban J connectivity index is 2.26. The van der Waals surface area contributed by atoms with Crippen molar-refractivity contribution in [1.29, 1.82) is 0 Å². The van der Waals surface area contributed by atoms with Gasteiger partial charge in [0.25, 0.3) is 0 Å². The van der Waals surface area contributed by atoms with Gasteiger partial charge in [-0.25, -0.2) is 0 Å². The Bertz CT molecular complexity index is 366. The molecule has 0 saturated heterocycles. The average Bonchev–Trinajstić information content (AvgIpc) is 2.40. The first-order chi connectivity index (χ1) is 9.63. The van der Waals surface area contributed by atoms with E-state index < -0.39 is 0 Å². The van der Waals surface area contributed by atoms with Crippen LogP contribution in [0.3, 0.4) is 0 Å². The third kappa shape index (κ3) is 6.80. The molecule has 1 atom stereocenters. The number of benzene rings is 1. The molecule has 0 heterocycles. The summed E-state index contributed by atoms with van der Waals surface area (Å²) in [6.45, 7) is 12.2. The molecule has 0 spiro atoms. The van der Waals surface area contributed by atoms with E-state index in [9.17, 15) is 0 Å². The first kappa shape index (κ1) is 16.8. The summed E-state index contributed by atoms with van der Waals surface area (Å²) in [5.41, 5.74) is 0. The van der Waals surface area contributed by atoms with Crippen molar-refractivity contribution in [3.8, 4) is 11.5 Å². The largest absolute Gasteiger partial charge is 0.490 e. The zero-order valence-electron chi connectivity index (χ0n) is 13.3. The van der Waals surface area contributed by atoms with Crippen molar-refractivity contribution in [2.24, 2.45) is 11.8 Å². The number of para-hydroxylation sites is 2. The van der Waals surface area contributed by atoms with E-state index in [1.165, 1.54) is 0 Å². The van der Waals surface area contributed by atoms with Crippen LogP contribution in [0.1, 0.15) is 34.1 Å². The van der Waals surface area contributed by atoms with E-state index in [4.69, 9.17) is 9.47 Å². The van der Waals surface area contributed by atoms with Gasteiger partial charge in [0.05, 0.1) is 13.2 Å². The van der Waals surface area contributed by atoms with Crippen LogP contribution in [0.5, 0.6) is 11.5 Å². The summed E-state index contributed by atoms with van der Waals surface area (Å²) in [4.78, 5) is 0. The van der Waals surface area contributed by atoms with Crippen LogP contribution in [0.4, 0.5) is 0 Å². The lowest BCUT2D eigenvalue weighted by molar-refractivity contribution is 0.256. The van der Waals surface area contributed by atoms with E-state index in [1.54, 1.807) is 0 Å². The fourth-order valence-electron chi connectivity index (χ4n) is 1.93. The first-order valence-corrected chi connectivity index (χ1v) is 7.68. The Morgan fingerprint density at radius 3 is 2.25 bits per heavy atom. The summed E-state index contributed by atoms with van der Waals surface area (Å²) in [5.74, 6) is 3.00. The highest BCUT2D eigenvalue weighted by Crippen LogP contribution is 2.26. The second-order valence-corrected chi connectivity index (χ2v) is 5.67. The molecule has 3 heteroatoms. The molecule has 0 radical (unpaired) electrons. The quantitative estimate of drug-likeness (QED) is 0.708. The van der Waals surface area contributed by atoms with Crippen molar-refractivity contribution in [2.75, 3.05) is 26.3 Å². The predicted octanol–water partition coefficient (Wildman–Crippen LogP) is 3.74. The maximum Gasteiger partial charge on any atom is 0.161 e. The van der Waals surface area contributed by atoms with Gasteiger partial charge in [0.2, 0.25) is 0 Å². The molecule has 0 fully saturated rings. The van der Waals surface area contributed by atoms with Gasteiger partial charge in [0.1, 0.15) is 0 Å². The third-order valence-corrected chi connectivity index (χ3v) is 3.06. The number of hydrogen-bond acceptors (Lipinski definition) is 3. The third-order valence-electron chi connectivity index (χ3n) is 3.06. The highest BCUT2D eigenvalue weighted by Gasteiger charge is 2.06. The van der Waals surface area contributed by atoms with Crippen LogP contribution in [0, 0.1) is 11.8 Å². The second-order valence-electron chi connectivity index (χ2n) is 5.67. The molecule has 3 nitrogen and oxygen atoms in total. The van der Waals surface area contributed by atoms with Gasteiger partial charge < -0.3 is 14.8 Å². The molecule has 0 amide bonds. The molecule has 0 aliphatic heterocycles. The maximum atomic E-state index is 5.83. The van der Waals surface area contributed by atoms with Gasteiger partial charge in [-0.2, -0.15) is 0 Å². The number of ether oxygens (including phenoxy) is 2. The molecule has 0 bridgehead atoms. The van der Waals surface area contributed by atoms with Crippen LogP contribution in [0.2, 0.25) is 0 Å². The highest BCUT2D eigenvalue weighted by atomic mass is 16.5. The Labute approximate surface area is 123 Å². The van der Waals surface area contributed by atoms with Crippen molar-refractivity contribution in [1.82, 2.24) is 5.32 Å². The minimum absolute atomic E-state index is 0.619. The fraction of sp³-hybridized carbons (Fsp3) is 0.647.